The Morgan fingerprint density at radius 1 is 1.32 bits per heavy atom. The van der Waals surface area contributed by atoms with Crippen molar-refractivity contribution in [1.82, 2.24) is 10.2 Å². The number of carboxylic acid groups (broad SMARTS) is 1. The van der Waals surface area contributed by atoms with Gasteiger partial charge in [0, 0.05) is 0 Å². The third-order valence-electron chi connectivity index (χ3n) is 4.90. The molecule has 9 nitrogen and oxygen atoms in total. The number of amides is 2. The van der Waals surface area contributed by atoms with Crippen molar-refractivity contribution < 1.29 is 29.0 Å². The number of carboxylic acids is 1. The van der Waals surface area contributed by atoms with Crippen LogP contribution >= 0.6 is 0 Å². The van der Waals surface area contributed by atoms with Crippen LogP contribution in [0.25, 0.3) is 0 Å². The van der Waals surface area contributed by atoms with Gasteiger partial charge in [-0.1, -0.05) is 30.3 Å². The molecule has 0 bridgehead atoms. The lowest BCUT2D eigenvalue weighted by atomic mass is 9.83. The number of β-lactam (4-membered cyclic amide) rings is 1. The molecule has 3 atom stereocenters. The normalized spacial score (nSPS) is 22.1. The molecule has 2 amide bonds. The molecule has 0 aromatic heterocycles. The molecule has 2 aliphatic heterocycles. The van der Waals surface area contributed by atoms with Gasteiger partial charge in [0.1, 0.15) is 17.8 Å². The zero-order valence-corrected chi connectivity index (χ0v) is 15.3. The van der Waals surface area contributed by atoms with Crippen LogP contribution in [0.3, 0.4) is 0 Å². The van der Waals surface area contributed by atoms with Crippen LogP contribution in [0.15, 0.2) is 41.6 Å². The highest BCUT2D eigenvalue weighted by Crippen LogP contribution is 2.37. The average Bonchev–Trinajstić information content (AvgIpc) is 2.70. The highest BCUT2D eigenvalue weighted by molar-refractivity contribution is 6.06. The maximum Gasteiger partial charge on any atom is 0.353 e. The molecule has 1 saturated heterocycles. The lowest BCUT2D eigenvalue weighted by Gasteiger charge is -2.50. The van der Waals surface area contributed by atoms with E-state index in [4.69, 9.17) is 10.5 Å². The number of rotatable bonds is 6. The Hall–Kier alpha value is -3.20. The van der Waals surface area contributed by atoms with Crippen molar-refractivity contribution in [2.24, 2.45) is 5.73 Å². The van der Waals surface area contributed by atoms with Crippen molar-refractivity contribution in [3.63, 3.8) is 0 Å². The number of hydrogen-bond donors (Lipinski definition) is 3. The summed E-state index contributed by atoms with van der Waals surface area (Å²) in [7, 11) is 0. The maximum absolute atomic E-state index is 12.6. The van der Waals surface area contributed by atoms with E-state index in [1.165, 1.54) is 0 Å². The first-order valence-electron chi connectivity index (χ1n) is 8.94. The highest BCUT2D eigenvalue weighted by Gasteiger charge is 2.54. The Bertz CT molecular complexity index is 850. The van der Waals surface area contributed by atoms with Gasteiger partial charge in [0.05, 0.1) is 18.2 Å². The summed E-state index contributed by atoms with van der Waals surface area (Å²) >= 11 is 0. The summed E-state index contributed by atoms with van der Waals surface area (Å²) in [5.74, 6) is -3.24. The number of esters is 1. The molecule has 0 radical (unpaired) electrons. The molecule has 0 saturated carbocycles. The summed E-state index contributed by atoms with van der Waals surface area (Å²) in [6, 6.07) is 6.35. The van der Waals surface area contributed by atoms with Gasteiger partial charge < -0.3 is 20.9 Å². The summed E-state index contributed by atoms with van der Waals surface area (Å²) in [6.07, 6.45) is 0.480. The summed E-state index contributed by atoms with van der Waals surface area (Å²) in [4.78, 5) is 49.7. The van der Waals surface area contributed by atoms with Gasteiger partial charge in [-0.15, -0.1) is 0 Å². The SMILES string of the molecule is CCOC(=O)C1=C(C(=O)O)N2C(=O)[C@@H](NC(=O)C(N)c3ccccc3)[C@@H]2CC1. The van der Waals surface area contributed by atoms with E-state index in [1.54, 1.807) is 37.3 Å². The largest absolute Gasteiger partial charge is 0.477 e. The fraction of sp³-hybridized carbons (Fsp3) is 0.368. The smallest absolute Gasteiger partial charge is 0.353 e. The number of hydrogen-bond acceptors (Lipinski definition) is 6. The van der Waals surface area contributed by atoms with E-state index in [0.717, 1.165) is 4.90 Å². The van der Waals surface area contributed by atoms with Crippen molar-refractivity contribution in [2.45, 2.75) is 37.9 Å². The molecule has 0 aliphatic carbocycles. The minimum absolute atomic E-state index is 0.0373. The monoisotopic (exact) mass is 387 g/mol. The lowest BCUT2D eigenvalue weighted by molar-refractivity contribution is -0.157. The van der Waals surface area contributed by atoms with Crippen LogP contribution in [0.5, 0.6) is 0 Å². The topological polar surface area (TPSA) is 139 Å². The lowest BCUT2D eigenvalue weighted by Crippen LogP contribution is -2.72. The molecule has 2 aliphatic rings. The molecule has 148 valence electrons. The number of carbonyl (C=O) groups excluding carboxylic acids is 3. The summed E-state index contributed by atoms with van der Waals surface area (Å²) in [5, 5.41) is 12.1. The van der Waals surface area contributed by atoms with Crippen molar-refractivity contribution in [2.75, 3.05) is 6.61 Å². The van der Waals surface area contributed by atoms with E-state index in [0.29, 0.717) is 12.0 Å². The Labute approximate surface area is 161 Å². The van der Waals surface area contributed by atoms with Crippen LogP contribution in [0.1, 0.15) is 31.4 Å². The first-order chi connectivity index (χ1) is 13.4. The third kappa shape index (κ3) is 3.36. The first kappa shape index (κ1) is 19.6. The Balaban J connectivity index is 1.76. The number of nitrogens with one attached hydrogen (secondary N) is 1. The van der Waals surface area contributed by atoms with Gasteiger partial charge in [-0.25, -0.2) is 9.59 Å². The second-order valence-corrected chi connectivity index (χ2v) is 6.54. The molecule has 1 aromatic carbocycles. The molecule has 2 heterocycles. The van der Waals surface area contributed by atoms with Gasteiger partial charge in [0.25, 0.3) is 5.91 Å². The van der Waals surface area contributed by atoms with Crippen LogP contribution in [0.4, 0.5) is 0 Å². The van der Waals surface area contributed by atoms with E-state index >= 15 is 0 Å². The molecule has 4 N–H and O–H groups in total. The van der Waals surface area contributed by atoms with E-state index in [2.05, 4.69) is 5.32 Å². The quantitative estimate of drug-likeness (QED) is 0.464. The Morgan fingerprint density at radius 3 is 2.61 bits per heavy atom. The number of carbonyl (C=O) groups is 4. The molecule has 1 unspecified atom stereocenters. The predicted molar refractivity (Wildman–Crippen MR) is 96.5 cm³/mol. The van der Waals surface area contributed by atoms with Gasteiger partial charge in [-0.2, -0.15) is 0 Å². The number of aliphatic carboxylic acids is 1. The first-order valence-corrected chi connectivity index (χ1v) is 8.94. The van der Waals surface area contributed by atoms with Gasteiger partial charge in [0.15, 0.2) is 0 Å². The molecular formula is C19H21N3O6. The van der Waals surface area contributed by atoms with Gasteiger partial charge >= 0.3 is 11.9 Å². The Kier molecular flexibility index (Phi) is 5.46. The van der Waals surface area contributed by atoms with E-state index < -0.39 is 41.9 Å². The van der Waals surface area contributed by atoms with E-state index in [1.807, 2.05) is 0 Å². The van der Waals surface area contributed by atoms with Gasteiger partial charge in [-0.3, -0.25) is 14.5 Å². The summed E-state index contributed by atoms with van der Waals surface area (Å²) < 4.78 is 4.89. The number of nitrogens with zero attached hydrogens (tertiary/aromatic N) is 1. The van der Waals surface area contributed by atoms with Crippen LogP contribution in [0.2, 0.25) is 0 Å². The summed E-state index contributed by atoms with van der Waals surface area (Å²) in [6.45, 7) is 1.71. The van der Waals surface area contributed by atoms with Crippen LogP contribution in [0, 0.1) is 0 Å². The number of ether oxygens (including phenoxy) is 1. The number of benzene rings is 1. The van der Waals surface area contributed by atoms with Gasteiger partial charge in [0.2, 0.25) is 5.91 Å². The molecule has 28 heavy (non-hydrogen) atoms. The van der Waals surface area contributed by atoms with Crippen LogP contribution in [-0.4, -0.2) is 52.4 Å². The number of fused-ring (bicyclic) bond motifs is 1. The highest BCUT2D eigenvalue weighted by atomic mass is 16.5. The molecule has 1 fully saturated rings. The molecular weight excluding hydrogens is 366 g/mol. The minimum Gasteiger partial charge on any atom is -0.477 e. The van der Waals surface area contributed by atoms with Crippen molar-refractivity contribution in [1.29, 1.82) is 0 Å². The van der Waals surface area contributed by atoms with Crippen LogP contribution in [-0.2, 0) is 23.9 Å². The molecule has 0 spiro atoms. The minimum atomic E-state index is -1.38. The summed E-state index contributed by atoms with van der Waals surface area (Å²) in [5.41, 5.74) is 6.13. The zero-order valence-electron chi connectivity index (χ0n) is 15.3. The Morgan fingerprint density at radius 2 is 2.00 bits per heavy atom. The van der Waals surface area contributed by atoms with Crippen molar-refractivity contribution in [3.05, 3.63) is 47.2 Å². The fourth-order valence-electron chi connectivity index (χ4n) is 3.53. The van der Waals surface area contributed by atoms with Crippen LogP contribution < -0.4 is 11.1 Å². The average molecular weight is 387 g/mol. The van der Waals surface area contributed by atoms with E-state index in [-0.39, 0.29) is 24.3 Å². The fourth-order valence-corrected chi connectivity index (χ4v) is 3.53. The molecule has 1 aromatic rings. The molecule has 3 rings (SSSR count). The maximum atomic E-state index is 12.6. The standard InChI is InChI=1S/C19H21N3O6/c1-2-28-19(27)11-8-9-12-14(17(24)22(12)15(11)18(25)26)21-16(23)13(20)10-6-4-3-5-7-10/h3-7,12-14H,2,8-9,20H2,1H3,(H,21,23)(H,25,26)/t12-,13?,14-/m0/s1. The second kappa shape index (κ2) is 7.81. The second-order valence-electron chi connectivity index (χ2n) is 6.54. The van der Waals surface area contributed by atoms with Crippen molar-refractivity contribution >= 4 is 23.8 Å². The van der Waals surface area contributed by atoms with E-state index in [9.17, 15) is 24.3 Å². The number of nitrogens with two attached hydrogens (primary N) is 1. The third-order valence-corrected chi connectivity index (χ3v) is 4.90. The predicted octanol–water partition coefficient (Wildman–Crippen LogP) is 0.0776. The zero-order chi connectivity index (χ0) is 20.4. The molecule has 9 heteroatoms. The van der Waals surface area contributed by atoms with Crippen molar-refractivity contribution in [3.8, 4) is 0 Å². The van der Waals surface area contributed by atoms with Gasteiger partial charge in [-0.05, 0) is 25.3 Å².